The Bertz CT molecular complexity index is 1130. The molecule has 4 nitrogen and oxygen atoms in total. The highest BCUT2D eigenvalue weighted by molar-refractivity contribution is 6.36. The van der Waals surface area contributed by atoms with Crippen molar-refractivity contribution in [3.05, 3.63) is 82.5 Å². The van der Waals surface area contributed by atoms with Gasteiger partial charge in [-0.05, 0) is 48.5 Å². The van der Waals surface area contributed by atoms with Gasteiger partial charge >= 0.3 is 0 Å². The maximum absolute atomic E-state index is 6.27. The fourth-order valence-corrected chi connectivity index (χ4v) is 3.24. The molecule has 27 heavy (non-hydrogen) atoms. The zero-order chi connectivity index (χ0) is 18.8. The minimum atomic E-state index is 0.547. The molecule has 0 amide bonds. The number of fused-ring (bicyclic) bond motifs is 1. The van der Waals surface area contributed by atoms with Gasteiger partial charge in [-0.3, -0.25) is 4.40 Å². The average Bonchev–Trinajstić information content (AvgIpc) is 3.06. The van der Waals surface area contributed by atoms with E-state index in [1.54, 1.807) is 25.5 Å². The number of ether oxygens (including phenoxy) is 1. The third kappa shape index (κ3) is 3.54. The van der Waals surface area contributed by atoms with Crippen LogP contribution in [0.4, 0.5) is 5.82 Å². The van der Waals surface area contributed by atoms with Gasteiger partial charge in [0, 0.05) is 28.6 Å². The number of methoxy groups -OCH3 is 1. The van der Waals surface area contributed by atoms with Crippen molar-refractivity contribution in [1.82, 2.24) is 9.38 Å². The lowest BCUT2D eigenvalue weighted by atomic mass is 10.1. The number of halogens is 2. The first-order valence-corrected chi connectivity index (χ1v) is 9.02. The zero-order valence-electron chi connectivity index (χ0n) is 14.4. The number of benzene rings is 2. The molecule has 2 aromatic heterocycles. The van der Waals surface area contributed by atoms with Crippen LogP contribution in [0.25, 0.3) is 16.9 Å². The second kappa shape index (κ2) is 7.43. The van der Waals surface area contributed by atoms with Gasteiger partial charge in [0.1, 0.15) is 17.1 Å². The Labute approximate surface area is 166 Å². The maximum Gasteiger partial charge on any atom is 0.165 e. The summed E-state index contributed by atoms with van der Waals surface area (Å²) in [7, 11) is 1.64. The van der Waals surface area contributed by atoms with Crippen molar-refractivity contribution in [2.45, 2.75) is 0 Å². The summed E-state index contributed by atoms with van der Waals surface area (Å²) >= 11 is 12.2. The highest BCUT2D eigenvalue weighted by atomic mass is 35.5. The number of aromatic nitrogens is 2. The molecular weight excluding hydrogens is 381 g/mol. The molecule has 0 spiro atoms. The van der Waals surface area contributed by atoms with Gasteiger partial charge in [-0.15, -0.1) is 0 Å². The van der Waals surface area contributed by atoms with Crippen molar-refractivity contribution in [1.29, 1.82) is 0 Å². The fourth-order valence-electron chi connectivity index (χ4n) is 2.79. The maximum atomic E-state index is 6.27. The van der Waals surface area contributed by atoms with E-state index in [1.807, 2.05) is 59.1 Å². The molecule has 2 aromatic carbocycles. The number of hydrogen-bond acceptors (Lipinski definition) is 3. The number of hydrogen-bond donors (Lipinski definition) is 0. The third-order valence-electron chi connectivity index (χ3n) is 4.16. The van der Waals surface area contributed by atoms with Crippen LogP contribution in [0.3, 0.4) is 0 Å². The summed E-state index contributed by atoms with van der Waals surface area (Å²) in [4.78, 5) is 9.43. The molecule has 0 aliphatic heterocycles. The van der Waals surface area contributed by atoms with Crippen LogP contribution in [-0.4, -0.2) is 22.7 Å². The van der Waals surface area contributed by atoms with Gasteiger partial charge in [0.2, 0.25) is 0 Å². The minimum absolute atomic E-state index is 0.547. The van der Waals surface area contributed by atoms with Crippen LogP contribution in [0, 0.1) is 0 Å². The molecule has 0 unspecified atom stereocenters. The quantitative estimate of drug-likeness (QED) is 0.393. The summed E-state index contributed by atoms with van der Waals surface area (Å²) in [6.45, 7) is 0. The molecular formula is C21H15Cl2N3O. The van der Waals surface area contributed by atoms with E-state index < -0.39 is 0 Å². The van der Waals surface area contributed by atoms with Crippen molar-refractivity contribution in [2.75, 3.05) is 7.11 Å². The zero-order valence-corrected chi connectivity index (χ0v) is 15.9. The van der Waals surface area contributed by atoms with E-state index in [4.69, 9.17) is 37.9 Å². The third-order valence-corrected chi connectivity index (χ3v) is 4.72. The van der Waals surface area contributed by atoms with Crippen molar-refractivity contribution in [3.8, 4) is 17.0 Å². The van der Waals surface area contributed by atoms with Crippen LogP contribution in [0.5, 0.6) is 5.75 Å². The standard InChI is InChI=1S/C21H15Cl2N3O/c1-27-17-9-6-14(7-10-17)20-21(26-11-3-2-4-19(26)25-20)24-13-15-5-8-16(22)12-18(15)23/h2-13H,1H3/b24-13-. The molecule has 0 N–H and O–H groups in total. The van der Waals surface area contributed by atoms with Crippen LogP contribution in [-0.2, 0) is 0 Å². The molecule has 6 heteroatoms. The lowest BCUT2D eigenvalue weighted by molar-refractivity contribution is 0.415. The summed E-state index contributed by atoms with van der Waals surface area (Å²) in [6, 6.07) is 18.9. The molecule has 0 aliphatic carbocycles. The normalized spacial score (nSPS) is 11.4. The van der Waals surface area contributed by atoms with E-state index >= 15 is 0 Å². The van der Waals surface area contributed by atoms with Crippen molar-refractivity contribution in [3.63, 3.8) is 0 Å². The second-order valence-corrected chi connectivity index (χ2v) is 6.71. The number of nitrogens with zero attached hydrogens (tertiary/aromatic N) is 3. The Morgan fingerprint density at radius 1 is 1.04 bits per heavy atom. The molecule has 0 saturated heterocycles. The van der Waals surface area contributed by atoms with Crippen LogP contribution < -0.4 is 4.74 Å². The van der Waals surface area contributed by atoms with Gasteiger partial charge in [0.05, 0.1) is 12.1 Å². The highest BCUT2D eigenvalue weighted by Gasteiger charge is 2.13. The fraction of sp³-hybridized carbons (Fsp3) is 0.0476. The Morgan fingerprint density at radius 2 is 1.85 bits per heavy atom. The lowest BCUT2D eigenvalue weighted by Gasteiger charge is -2.03. The molecule has 0 radical (unpaired) electrons. The molecule has 4 rings (SSSR count). The predicted molar refractivity (Wildman–Crippen MR) is 111 cm³/mol. The molecule has 134 valence electrons. The Balaban J connectivity index is 1.83. The summed E-state index contributed by atoms with van der Waals surface area (Å²) in [5.74, 6) is 1.52. The van der Waals surface area contributed by atoms with E-state index in [9.17, 15) is 0 Å². The molecule has 0 fully saturated rings. The molecule has 4 aromatic rings. The van der Waals surface area contributed by atoms with Gasteiger partial charge in [0.25, 0.3) is 0 Å². The SMILES string of the molecule is COc1ccc(-c2nc3ccccn3c2/N=C\c2ccc(Cl)cc2Cl)cc1. The number of pyridine rings is 1. The van der Waals surface area contributed by atoms with Crippen molar-refractivity contribution >= 4 is 40.9 Å². The van der Waals surface area contributed by atoms with Gasteiger partial charge in [0.15, 0.2) is 5.82 Å². The predicted octanol–water partition coefficient (Wildman–Crippen LogP) is 6.07. The monoisotopic (exact) mass is 395 g/mol. The lowest BCUT2D eigenvalue weighted by Crippen LogP contribution is -1.86. The van der Waals surface area contributed by atoms with E-state index in [2.05, 4.69) is 0 Å². The first-order valence-electron chi connectivity index (χ1n) is 8.26. The first kappa shape index (κ1) is 17.6. The van der Waals surface area contributed by atoms with Crippen molar-refractivity contribution < 1.29 is 4.74 Å². The molecule has 2 heterocycles. The van der Waals surface area contributed by atoms with Gasteiger partial charge in [-0.1, -0.05) is 35.3 Å². The number of aliphatic imine (C=N–C) groups is 1. The van der Waals surface area contributed by atoms with E-state index in [0.29, 0.717) is 10.0 Å². The Kier molecular flexibility index (Phi) is 4.84. The summed E-state index contributed by atoms with van der Waals surface area (Å²) < 4.78 is 7.19. The summed E-state index contributed by atoms with van der Waals surface area (Å²) in [6.07, 6.45) is 3.66. The van der Waals surface area contributed by atoms with Gasteiger partial charge < -0.3 is 4.74 Å². The minimum Gasteiger partial charge on any atom is -0.497 e. The average molecular weight is 396 g/mol. The molecule has 0 aliphatic rings. The van der Waals surface area contributed by atoms with Crippen LogP contribution in [0.2, 0.25) is 10.0 Å². The number of imidazole rings is 1. The second-order valence-electron chi connectivity index (χ2n) is 5.87. The van der Waals surface area contributed by atoms with Gasteiger partial charge in [-0.2, -0.15) is 0 Å². The number of rotatable bonds is 4. The first-order chi connectivity index (χ1) is 13.2. The topological polar surface area (TPSA) is 38.9 Å². The van der Waals surface area contributed by atoms with Crippen LogP contribution in [0.1, 0.15) is 5.56 Å². The summed E-state index contributed by atoms with van der Waals surface area (Å²) in [5.41, 5.74) is 3.34. The van der Waals surface area contributed by atoms with Gasteiger partial charge in [-0.25, -0.2) is 9.98 Å². The van der Waals surface area contributed by atoms with E-state index in [1.165, 1.54) is 0 Å². The largest absolute Gasteiger partial charge is 0.497 e. The van der Waals surface area contributed by atoms with Crippen LogP contribution >= 0.6 is 23.2 Å². The molecule has 0 atom stereocenters. The highest BCUT2D eigenvalue weighted by Crippen LogP contribution is 2.32. The van der Waals surface area contributed by atoms with E-state index in [-0.39, 0.29) is 0 Å². The molecule has 0 saturated carbocycles. The van der Waals surface area contributed by atoms with E-state index in [0.717, 1.165) is 34.0 Å². The Morgan fingerprint density at radius 3 is 2.59 bits per heavy atom. The smallest absolute Gasteiger partial charge is 0.165 e. The summed E-state index contributed by atoms with van der Waals surface area (Å²) in [5, 5.41) is 1.14. The van der Waals surface area contributed by atoms with Crippen LogP contribution in [0.15, 0.2) is 71.9 Å². The Hall–Kier alpha value is -2.82. The molecule has 0 bridgehead atoms. The van der Waals surface area contributed by atoms with Crippen molar-refractivity contribution in [2.24, 2.45) is 4.99 Å².